The quantitative estimate of drug-likeness (QED) is 0.176. The molecular formula is C27H30N8O2. The lowest BCUT2D eigenvalue weighted by Gasteiger charge is -2.19. The summed E-state index contributed by atoms with van der Waals surface area (Å²) in [5.41, 5.74) is 4.85. The van der Waals surface area contributed by atoms with E-state index in [0.29, 0.717) is 17.2 Å². The van der Waals surface area contributed by atoms with Gasteiger partial charge in [-0.3, -0.25) is 19.6 Å². The lowest BCUT2D eigenvalue weighted by Crippen LogP contribution is -2.33. The Hall–Kier alpha value is -4.44. The molecule has 0 saturated heterocycles. The number of anilines is 2. The summed E-state index contributed by atoms with van der Waals surface area (Å²) in [4.78, 5) is 41.6. The van der Waals surface area contributed by atoms with Gasteiger partial charge in [-0.15, -0.1) is 0 Å². The fraction of sp³-hybridized carbons (Fsp3) is 0.259. The number of benzene rings is 1. The summed E-state index contributed by atoms with van der Waals surface area (Å²) in [6.45, 7) is 9.26. The second-order valence-electron chi connectivity index (χ2n) is 9.21. The summed E-state index contributed by atoms with van der Waals surface area (Å²) >= 11 is 0. The summed E-state index contributed by atoms with van der Waals surface area (Å²) in [6.07, 6.45) is 8.17. The van der Waals surface area contributed by atoms with Crippen LogP contribution in [0.15, 0.2) is 65.9 Å². The van der Waals surface area contributed by atoms with Crippen LogP contribution in [0.2, 0.25) is 0 Å². The van der Waals surface area contributed by atoms with Crippen LogP contribution >= 0.6 is 0 Å². The van der Waals surface area contributed by atoms with Crippen molar-refractivity contribution in [2.75, 3.05) is 10.6 Å². The minimum absolute atomic E-state index is 0.00395. The van der Waals surface area contributed by atoms with Gasteiger partial charge in [0.2, 0.25) is 5.91 Å². The minimum Gasteiger partial charge on any atom is -0.321 e. The van der Waals surface area contributed by atoms with Crippen molar-refractivity contribution in [1.29, 1.82) is 0 Å². The van der Waals surface area contributed by atoms with E-state index in [9.17, 15) is 9.59 Å². The Morgan fingerprint density at radius 2 is 1.89 bits per heavy atom. The van der Waals surface area contributed by atoms with E-state index < -0.39 is 5.91 Å². The molecule has 0 radical (unpaired) electrons. The molecule has 0 atom stereocenters. The summed E-state index contributed by atoms with van der Waals surface area (Å²) in [5, 5.41) is 7.10. The summed E-state index contributed by atoms with van der Waals surface area (Å²) < 4.78 is 0. The van der Waals surface area contributed by atoms with Crippen LogP contribution < -0.4 is 16.5 Å². The van der Waals surface area contributed by atoms with Crippen molar-refractivity contribution in [1.82, 2.24) is 20.0 Å². The van der Waals surface area contributed by atoms with Crippen LogP contribution in [0, 0.1) is 12.8 Å². The van der Waals surface area contributed by atoms with Crippen LogP contribution in [0.1, 0.15) is 32.3 Å². The van der Waals surface area contributed by atoms with Gasteiger partial charge in [0.25, 0.3) is 5.91 Å². The first kappa shape index (κ1) is 25.6. The SMILES string of the molecule is C=N/C(=C\N(N)C(C)C)C(=O)Nc1ccc(C)c(-c2cncc(-c3cc(NC(=O)C4CC4)ncn3)c2)c1. The Labute approximate surface area is 215 Å². The number of aliphatic imine (C=N–C) groups is 1. The van der Waals surface area contributed by atoms with Gasteiger partial charge in [0, 0.05) is 53.4 Å². The van der Waals surface area contributed by atoms with Crippen LogP contribution in [0.25, 0.3) is 22.4 Å². The number of pyridine rings is 1. The van der Waals surface area contributed by atoms with Gasteiger partial charge in [-0.25, -0.2) is 15.8 Å². The molecular weight excluding hydrogens is 468 g/mol. The molecule has 0 spiro atoms. The van der Waals surface area contributed by atoms with E-state index in [1.54, 1.807) is 18.5 Å². The topological polar surface area (TPSA) is 138 Å². The summed E-state index contributed by atoms with van der Waals surface area (Å²) in [5.74, 6) is 6.01. The number of nitrogens with zero attached hydrogens (tertiary/aromatic N) is 5. The Kier molecular flexibility index (Phi) is 7.69. The molecule has 190 valence electrons. The van der Waals surface area contributed by atoms with Gasteiger partial charge < -0.3 is 15.6 Å². The van der Waals surface area contributed by atoms with Crippen LogP contribution in [-0.2, 0) is 9.59 Å². The van der Waals surface area contributed by atoms with E-state index in [0.717, 1.165) is 35.1 Å². The molecule has 1 aliphatic carbocycles. The highest BCUT2D eigenvalue weighted by Crippen LogP contribution is 2.31. The molecule has 1 aromatic carbocycles. The van der Waals surface area contributed by atoms with E-state index >= 15 is 0 Å². The summed E-state index contributed by atoms with van der Waals surface area (Å²) in [6, 6.07) is 9.30. The second-order valence-corrected chi connectivity index (χ2v) is 9.21. The maximum absolute atomic E-state index is 12.8. The molecule has 1 saturated carbocycles. The number of carbonyl (C=O) groups excluding carboxylic acids is 2. The van der Waals surface area contributed by atoms with Gasteiger partial charge in [-0.05, 0) is 69.7 Å². The first-order valence-electron chi connectivity index (χ1n) is 12.0. The van der Waals surface area contributed by atoms with Gasteiger partial charge >= 0.3 is 0 Å². The Balaban J connectivity index is 1.57. The molecule has 2 amide bonds. The Morgan fingerprint density at radius 3 is 2.59 bits per heavy atom. The van der Waals surface area contributed by atoms with E-state index in [1.807, 2.05) is 45.0 Å². The van der Waals surface area contributed by atoms with E-state index in [1.165, 1.54) is 17.5 Å². The van der Waals surface area contributed by atoms with Crippen molar-refractivity contribution in [3.8, 4) is 22.4 Å². The molecule has 2 aromatic heterocycles. The Morgan fingerprint density at radius 1 is 1.14 bits per heavy atom. The summed E-state index contributed by atoms with van der Waals surface area (Å²) in [7, 11) is 0. The predicted octanol–water partition coefficient (Wildman–Crippen LogP) is 3.93. The third-order valence-corrected chi connectivity index (χ3v) is 5.98. The number of nitrogens with two attached hydrogens (primary N) is 1. The number of hydrogen-bond acceptors (Lipinski definition) is 8. The molecule has 10 heteroatoms. The molecule has 1 aliphatic rings. The van der Waals surface area contributed by atoms with Gasteiger partial charge in [-0.2, -0.15) is 0 Å². The largest absolute Gasteiger partial charge is 0.321 e. The molecule has 3 aromatic rings. The maximum Gasteiger partial charge on any atom is 0.275 e. The lowest BCUT2D eigenvalue weighted by atomic mass is 9.99. The van der Waals surface area contributed by atoms with E-state index in [4.69, 9.17) is 5.84 Å². The van der Waals surface area contributed by atoms with Crippen molar-refractivity contribution < 1.29 is 9.59 Å². The molecule has 0 bridgehead atoms. The minimum atomic E-state index is -0.422. The van der Waals surface area contributed by atoms with Crippen molar-refractivity contribution in [2.45, 2.75) is 39.7 Å². The predicted molar refractivity (Wildman–Crippen MR) is 144 cm³/mol. The van der Waals surface area contributed by atoms with Gasteiger partial charge in [-0.1, -0.05) is 6.07 Å². The third-order valence-electron chi connectivity index (χ3n) is 5.98. The molecule has 2 heterocycles. The number of amides is 2. The first-order chi connectivity index (χ1) is 17.7. The lowest BCUT2D eigenvalue weighted by molar-refractivity contribution is -0.117. The number of nitrogens with one attached hydrogen (secondary N) is 2. The molecule has 10 nitrogen and oxygen atoms in total. The molecule has 0 aliphatic heterocycles. The van der Waals surface area contributed by atoms with Crippen LogP contribution in [-0.4, -0.2) is 44.5 Å². The maximum atomic E-state index is 12.8. The van der Waals surface area contributed by atoms with Crippen molar-refractivity contribution in [2.24, 2.45) is 16.8 Å². The van der Waals surface area contributed by atoms with Crippen molar-refractivity contribution >= 4 is 30.0 Å². The third kappa shape index (κ3) is 6.42. The zero-order valence-corrected chi connectivity index (χ0v) is 21.1. The molecule has 4 N–H and O–H groups in total. The van der Waals surface area contributed by atoms with Gasteiger partial charge in [0.1, 0.15) is 17.8 Å². The highest BCUT2D eigenvalue weighted by molar-refractivity contribution is 6.04. The second kappa shape index (κ2) is 11.1. The number of hydrazine groups is 1. The number of aromatic nitrogens is 3. The van der Waals surface area contributed by atoms with Gasteiger partial charge in [0.05, 0.1) is 5.69 Å². The first-order valence-corrected chi connectivity index (χ1v) is 12.0. The van der Waals surface area contributed by atoms with E-state index in [-0.39, 0.29) is 23.6 Å². The Bertz CT molecular complexity index is 1360. The van der Waals surface area contributed by atoms with Crippen LogP contribution in [0.4, 0.5) is 11.5 Å². The molecule has 0 unspecified atom stereocenters. The molecule has 37 heavy (non-hydrogen) atoms. The number of rotatable bonds is 9. The average Bonchev–Trinajstić information content (AvgIpc) is 3.74. The smallest absolute Gasteiger partial charge is 0.275 e. The molecule has 4 rings (SSSR count). The number of hydrogen-bond donors (Lipinski definition) is 3. The monoisotopic (exact) mass is 498 g/mol. The van der Waals surface area contributed by atoms with Crippen molar-refractivity contribution in [3.05, 3.63) is 66.5 Å². The fourth-order valence-corrected chi connectivity index (χ4v) is 3.55. The van der Waals surface area contributed by atoms with Crippen LogP contribution in [0.3, 0.4) is 0 Å². The highest BCUT2D eigenvalue weighted by Gasteiger charge is 2.29. The average molecular weight is 499 g/mol. The highest BCUT2D eigenvalue weighted by atomic mass is 16.2. The zero-order chi connectivity index (χ0) is 26.5. The zero-order valence-electron chi connectivity index (χ0n) is 21.1. The molecule has 1 fully saturated rings. The van der Waals surface area contributed by atoms with Crippen molar-refractivity contribution in [3.63, 3.8) is 0 Å². The number of carbonyl (C=O) groups is 2. The van der Waals surface area contributed by atoms with E-state index in [2.05, 4.69) is 37.3 Å². The normalized spacial score (nSPS) is 13.3. The van der Waals surface area contributed by atoms with Gasteiger partial charge in [0.15, 0.2) is 0 Å². The van der Waals surface area contributed by atoms with Crippen LogP contribution in [0.5, 0.6) is 0 Å². The standard InChI is InChI=1S/C27H30N8O2/c1-16(2)35(28)14-24(29-4)27(37)33-21-8-5-17(3)22(10-21)19-9-20(13-30-12-19)23-11-25(32-15-31-23)34-26(36)18-6-7-18/h5,8-16,18H,4,6-7,28H2,1-3H3,(H,33,37)(H,31,32,34,36)/b24-14-. The fourth-order valence-electron chi connectivity index (χ4n) is 3.55. The number of aryl methyl sites for hydroxylation is 1.